The zero-order valence-corrected chi connectivity index (χ0v) is 100. The summed E-state index contributed by atoms with van der Waals surface area (Å²) in [6.45, 7) is 114. The summed E-state index contributed by atoms with van der Waals surface area (Å²) in [6.07, 6.45) is 15.2. The van der Waals surface area contributed by atoms with E-state index < -0.39 is 61.6 Å². The van der Waals surface area contributed by atoms with E-state index in [4.69, 9.17) is 163 Å². The van der Waals surface area contributed by atoms with Crippen molar-refractivity contribution in [3.8, 4) is 12.1 Å². The molecule has 0 fully saturated rings. The summed E-state index contributed by atoms with van der Waals surface area (Å²) in [5.74, 6) is 0. The second-order valence-electron chi connectivity index (χ2n) is 31.9. The molecule has 828 valence electrons. The van der Waals surface area contributed by atoms with Gasteiger partial charge in [0.25, 0.3) is 0 Å². The summed E-state index contributed by atoms with van der Waals surface area (Å²) < 4.78 is 117. The Morgan fingerprint density at radius 1 is 0.182 bits per heavy atom. The third kappa shape index (κ3) is 83.2. The maximum Gasteiger partial charge on any atom is 0.500 e. The van der Waals surface area contributed by atoms with Crippen molar-refractivity contribution in [2.75, 3.05) is 341 Å². The SMILES string of the molecule is [C-]#[N+]CCN(CCC)CCC[Si](OC)(OC)OC.[C-]#[N+]CCN(CCCC#N)CCC[Si](OC)(OC)OC.[C-]#[N+]CCN(CCCC#N)CCC[Si](OCC)(OCC)OCC.[C-]#[N+]CCN(CCCC)CCC[Si](OC)(OC)OC.[C-]#[N+]CCN(CCCC)CCC[Si](OCC)(OCC)OCC.[C-]#[N+]CCN(CCC[Si](OC)(OC)OC)CC[N+]#[C-].[C-]#[N+]CCN(CCC[Si](OCC)(OCC)OCC)CC[N+]#[C-]. The van der Waals surface area contributed by atoms with Crippen LogP contribution in [0, 0.1) is 81.8 Å². The lowest BCUT2D eigenvalue weighted by molar-refractivity contribution is 0.0691. The Bertz CT molecular complexity index is 3220. The average molecular weight is 2150 g/mol. The quantitative estimate of drug-likeness (QED) is 0.0310. The third-order valence-corrected chi connectivity index (χ3v) is 43.0. The normalized spacial score (nSPS) is 11.5. The van der Waals surface area contributed by atoms with Gasteiger partial charge in [0.05, 0.1) is 71.0 Å². The van der Waals surface area contributed by atoms with Crippen LogP contribution in [-0.4, -0.2) is 437 Å². The smallest absolute Gasteiger partial charge is 0.377 e. The van der Waals surface area contributed by atoms with Crippen molar-refractivity contribution >= 4 is 61.6 Å². The molecule has 0 saturated heterocycles. The summed E-state index contributed by atoms with van der Waals surface area (Å²) in [5.41, 5.74) is 0. The van der Waals surface area contributed by atoms with Gasteiger partial charge in [-0.1, -0.05) is 33.6 Å². The Balaban J connectivity index is -0.000000302. The standard InChI is InChI=1S/C16H31N3O3Si.C16H34N2O3Si.C15H29N3O3Si.C13H25N3O3Si.C13H28N2O3Si.C12H23N3O3Si.C12H26N2O3Si/c1-5-20-23(21-6-2,22-7-3)16-10-14-19(15-12-18-4)13-9-8-11-17;1-6-10-13-18(15-12-17-5)14-11-16-22(19-7-2,20-8-3)21-9-4;1-6-19-22(20-7-2,21-8-3)15-9-12-18(13-10-16-4)14-11-17-5;1-15-9-12-16(10-6-5-8-14)11-7-13-20(17-2,18-3)19-4;1-6-7-10-15(12-9-14-2)11-8-13-19(16-3,17-4)18-5;1-13-7-10-15(11-8-14-2)9-6-12-19(16-3,17-4)18-5;1-6-9-14(11-8-13-2)10-7-12-18(15-3,16-4)17-5/h5-10,12-16H2,1-3H3;6-16H2,1-4H3;6-15H2,1-3H3;5-7,9-13H2,2-4H3;6-13H2,1,3-5H3;6-12H2,3-5H3;6-12H2,1,3-5H3. The molecule has 0 amide bonds. The molecule has 0 bridgehead atoms. The van der Waals surface area contributed by atoms with Gasteiger partial charge in [-0.3, -0.25) is 34.3 Å². The first kappa shape index (κ1) is 151. The van der Waals surface area contributed by atoms with Crippen molar-refractivity contribution in [2.24, 2.45) is 0 Å². The average Bonchev–Trinajstić information content (AvgIpc) is 1.51. The topological polar surface area (TPSA) is 303 Å². The van der Waals surface area contributed by atoms with Gasteiger partial charge in [0.2, 0.25) is 58.9 Å². The summed E-state index contributed by atoms with van der Waals surface area (Å²) in [4.78, 5) is 46.4. The van der Waals surface area contributed by atoms with Crippen LogP contribution in [0.5, 0.6) is 0 Å². The summed E-state index contributed by atoms with van der Waals surface area (Å²) >= 11 is 0. The first-order valence-corrected chi connectivity index (χ1v) is 64.9. The third-order valence-electron chi connectivity index (χ3n) is 22.2. The zero-order chi connectivity index (χ0) is 109. The first-order valence-electron chi connectivity index (χ1n) is 51.4. The van der Waals surface area contributed by atoms with Crippen molar-refractivity contribution in [2.45, 2.75) is 228 Å². The van der Waals surface area contributed by atoms with E-state index in [9.17, 15) is 0 Å². The summed E-state index contributed by atoms with van der Waals surface area (Å²) in [6, 6.07) is 9.85. The Kier molecular flexibility index (Phi) is 115. The molecule has 0 aromatic heterocycles. The second-order valence-corrected chi connectivity index (χ2v) is 52.5. The van der Waals surface area contributed by atoms with Crippen LogP contribution in [0.25, 0.3) is 43.6 Å². The highest BCUT2D eigenvalue weighted by molar-refractivity contribution is 6.63. The van der Waals surface area contributed by atoms with E-state index in [0.717, 1.165) is 218 Å². The van der Waals surface area contributed by atoms with Crippen molar-refractivity contribution in [1.29, 1.82) is 10.5 Å². The molecule has 0 rings (SSSR count). The second kappa shape index (κ2) is 109. The lowest BCUT2D eigenvalue weighted by Crippen LogP contribution is -2.46. The highest BCUT2D eigenvalue weighted by Crippen LogP contribution is 2.25. The number of unbranched alkanes of at least 4 members (excludes halogenated alkanes) is 4. The number of nitriles is 2. The molecule has 0 radical (unpaired) electrons. The van der Waals surface area contributed by atoms with Crippen LogP contribution in [-0.2, 0) is 92.9 Å². The Morgan fingerprint density at radius 2 is 0.315 bits per heavy atom. The van der Waals surface area contributed by atoms with Gasteiger partial charge in [0.15, 0.2) is 0 Å². The number of rotatable bonds is 90. The number of hydrogen-bond donors (Lipinski definition) is 0. The Labute approximate surface area is 878 Å². The van der Waals surface area contributed by atoms with Gasteiger partial charge >= 0.3 is 61.6 Å². The highest BCUT2D eigenvalue weighted by atomic mass is 28.4. The van der Waals surface area contributed by atoms with Crippen LogP contribution >= 0.6 is 0 Å². The van der Waals surface area contributed by atoms with Crippen LogP contribution in [0.15, 0.2) is 0 Å². The highest BCUT2D eigenvalue weighted by Gasteiger charge is 2.44. The predicted octanol–water partition coefficient (Wildman–Crippen LogP) is 16.3. The molecule has 0 spiro atoms. The Hall–Kier alpha value is -5.21. The van der Waals surface area contributed by atoms with E-state index in [1.807, 2.05) is 62.3 Å². The Morgan fingerprint density at radius 3 is 0.441 bits per heavy atom. The molecule has 0 heterocycles. The lowest BCUT2D eigenvalue weighted by atomic mass is 10.3. The van der Waals surface area contributed by atoms with Gasteiger partial charge < -0.3 is 137 Å². The molecule has 0 aromatic rings. The van der Waals surface area contributed by atoms with E-state index in [0.29, 0.717) is 157 Å². The minimum absolute atomic E-state index is 0.472. The van der Waals surface area contributed by atoms with E-state index in [1.165, 1.54) is 25.7 Å². The van der Waals surface area contributed by atoms with E-state index in [1.54, 1.807) is 85.3 Å². The lowest BCUT2D eigenvalue weighted by Gasteiger charge is -2.29. The maximum absolute atomic E-state index is 8.65. The van der Waals surface area contributed by atoms with Crippen molar-refractivity contribution in [1.82, 2.24) is 34.3 Å². The van der Waals surface area contributed by atoms with E-state index >= 15 is 0 Å². The van der Waals surface area contributed by atoms with Crippen LogP contribution in [0.2, 0.25) is 42.3 Å². The number of nitrogens with zero attached hydrogens (tertiary/aromatic N) is 18. The van der Waals surface area contributed by atoms with Gasteiger partial charge in [-0.25, -0.2) is 59.1 Å². The molecule has 0 saturated carbocycles. The van der Waals surface area contributed by atoms with E-state index in [2.05, 4.69) is 111 Å². The molecule has 0 unspecified atom stereocenters. The van der Waals surface area contributed by atoms with Crippen molar-refractivity contribution in [3.63, 3.8) is 0 Å². The van der Waals surface area contributed by atoms with Crippen molar-refractivity contribution in [3.05, 3.63) is 103 Å². The molecular weight excluding hydrogens is 1950 g/mol. The molecule has 0 N–H and O–H groups in total. The molecular formula is C97H196N18O21Si7. The zero-order valence-electron chi connectivity index (χ0n) is 93.5. The molecule has 39 nitrogen and oxygen atoms in total. The van der Waals surface area contributed by atoms with Gasteiger partial charge in [-0.2, -0.15) is 10.5 Å². The largest absolute Gasteiger partial charge is 0.500 e. The maximum atomic E-state index is 8.65. The fourth-order valence-corrected chi connectivity index (χ4v) is 29.4. The predicted molar refractivity (Wildman–Crippen MR) is 583 cm³/mol. The molecule has 143 heavy (non-hydrogen) atoms. The molecule has 0 aromatic carbocycles. The molecule has 0 aliphatic heterocycles. The fraction of sp³-hybridized carbons (Fsp3) is 0.887. The summed E-state index contributed by atoms with van der Waals surface area (Å²) in [5, 5.41) is 17.2. The summed E-state index contributed by atoms with van der Waals surface area (Å²) in [7, 11) is 2.02. The van der Waals surface area contributed by atoms with E-state index in [-0.39, 0.29) is 0 Å². The van der Waals surface area contributed by atoms with Gasteiger partial charge in [-0.15, -0.1) is 0 Å². The first-order chi connectivity index (χ1) is 69.2. The molecule has 0 aliphatic rings. The number of hydrogen-bond acceptors (Lipinski definition) is 30. The molecule has 0 atom stereocenters. The fourth-order valence-electron chi connectivity index (χ4n) is 14.8. The van der Waals surface area contributed by atoms with Gasteiger partial charge in [0, 0.05) is 200 Å². The molecule has 0 aliphatic carbocycles. The van der Waals surface area contributed by atoms with Gasteiger partial charge in [-0.05, 0) is 218 Å². The van der Waals surface area contributed by atoms with Crippen LogP contribution in [0.3, 0.4) is 0 Å². The van der Waals surface area contributed by atoms with Crippen LogP contribution in [0.4, 0.5) is 0 Å². The van der Waals surface area contributed by atoms with Crippen molar-refractivity contribution < 1.29 is 92.9 Å². The van der Waals surface area contributed by atoms with Gasteiger partial charge in [0.1, 0.15) is 0 Å². The van der Waals surface area contributed by atoms with Crippen LogP contribution in [0.1, 0.15) is 186 Å². The molecule has 46 heteroatoms. The minimum atomic E-state index is -2.57. The monoisotopic (exact) mass is 2150 g/mol. The van der Waals surface area contributed by atoms with Crippen LogP contribution < -0.4 is 0 Å². The minimum Gasteiger partial charge on any atom is -0.377 e.